The van der Waals surface area contributed by atoms with Gasteiger partial charge in [-0.05, 0) is 21.0 Å². The second-order valence-corrected chi connectivity index (χ2v) is 5.57. The van der Waals surface area contributed by atoms with Crippen molar-refractivity contribution >= 4 is 5.82 Å². The second kappa shape index (κ2) is 5.45. The van der Waals surface area contributed by atoms with Crippen LogP contribution < -0.4 is 5.32 Å². The van der Waals surface area contributed by atoms with Gasteiger partial charge < -0.3 is 10.2 Å². The normalized spacial score (nSPS) is 11.9. The van der Waals surface area contributed by atoms with E-state index in [9.17, 15) is 0 Å². The molecule has 0 saturated carbocycles. The number of aromatic nitrogens is 2. The first-order valence-corrected chi connectivity index (χ1v) is 6.10. The molecular formula is C13H24N4. The summed E-state index contributed by atoms with van der Waals surface area (Å²) in [6, 6.07) is 2.04. The molecule has 4 heteroatoms. The van der Waals surface area contributed by atoms with Crippen molar-refractivity contribution < 1.29 is 0 Å². The molecule has 1 rings (SSSR count). The molecule has 0 bridgehead atoms. The molecule has 96 valence electrons. The van der Waals surface area contributed by atoms with Crippen LogP contribution in [-0.2, 0) is 12.0 Å². The minimum absolute atomic E-state index is 0.0498. The summed E-state index contributed by atoms with van der Waals surface area (Å²) < 4.78 is 0. The monoisotopic (exact) mass is 236 g/mol. The summed E-state index contributed by atoms with van der Waals surface area (Å²) in [7, 11) is 4.06. The molecule has 0 fully saturated rings. The van der Waals surface area contributed by atoms with Gasteiger partial charge in [-0.15, -0.1) is 0 Å². The highest BCUT2D eigenvalue weighted by Crippen LogP contribution is 2.22. The van der Waals surface area contributed by atoms with Crippen LogP contribution in [0.3, 0.4) is 0 Å². The van der Waals surface area contributed by atoms with E-state index in [0.717, 1.165) is 30.4 Å². The van der Waals surface area contributed by atoms with Gasteiger partial charge in [-0.1, -0.05) is 20.8 Å². The Morgan fingerprint density at radius 1 is 1.24 bits per heavy atom. The average Bonchev–Trinajstić information content (AvgIpc) is 2.15. The van der Waals surface area contributed by atoms with Crippen molar-refractivity contribution in [1.29, 1.82) is 0 Å². The Kier molecular flexibility index (Phi) is 4.46. The average molecular weight is 236 g/mol. The van der Waals surface area contributed by atoms with E-state index >= 15 is 0 Å². The van der Waals surface area contributed by atoms with E-state index in [2.05, 4.69) is 47.9 Å². The van der Waals surface area contributed by atoms with Crippen molar-refractivity contribution in [3.63, 3.8) is 0 Å². The highest BCUT2D eigenvalue weighted by molar-refractivity contribution is 5.37. The highest BCUT2D eigenvalue weighted by atomic mass is 15.1. The third-order valence-electron chi connectivity index (χ3n) is 2.36. The summed E-state index contributed by atoms with van der Waals surface area (Å²) in [4.78, 5) is 11.2. The maximum Gasteiger partial charge on any atom is 0.144 e. The van der Waals surface area contributed by atoms with Crippen LogP contribution in [0.1, 0.15) is 39.2 Å². The fraction of sp³-hybridized carbons (Fsp3) is 0.692. The zero-order valence-corrected chi connectivity index (χ0v) is 11.8. The molecule has 0 aliphatic carbocycles. The largest absolute Gasteiger partial charge is 0.370 e. The molecule has 1 aromatic rings. The predicted molar refractivity (Wildman–Crippen MR) is 72.3 cm³/mol. The molecule has 0 aliphatic rings. The van der Waals surface area contributed by atoms with Crippen molar-refractivity contribution in [3.8, 4) is 0 Å². The number of hydrogen-bond donors (Lipinski definition) is 1. The molecule has 4 nitrogen and oxygen atoms in total. The van der Waals surface area contributed by atoms with Crippen LogP contribution in [0.4, 0.5) is 5.82 Å². The summed E-state index contributed by atoms with van der Waals surface area (Å²) in [5, 5.41) is 3.26. The van der Waals surface area contributed by atoms with E-state index in [-0.39, 0.29) is 5.41 Å². The lowest BCUT2D eigenvalue weighted by Crippen LogP contribution is -2.20. The van der Waals surface area contributed by atoms with Gasteiger partial charge >= 0.3 is 0 Å². The fourth-order valence-electron chi connectivity index (χ4n) is 1.51. The first-order chi connectivity index (χ1) is 7.82. The minimum Gasteiger partial charge on any atom is -0.370 e. The van der Waals surface area contributed by atoms with Gasteiger partial charge in [0.2, 0.25) is 0 Å². The van der Waals surface area contributed by atoms with Gasteiger partial charge in [-0.3, -0.25) is 0 Å². The van der Waals surface area contributed by atoms with E-state index in [4.69, 9.17) is 0 Å². The topological polar surface area (TPSA) is 41.1 Å². The standard InChI is InChI=1S/C13H24N4/c1-7-14-11-8-10(13(2,3)4)15-12(16-11)9-17(5)6/h8H,7,9H2,1-6H3,(H,14,15,16). The number of hydrogen-bond acceptors (Lipinski definition) is 4. The van der Waals surface area contributed by atoms with Crippen molar-refractivity contribution in [2.75, 3.05) is 26.0 Å². The summed E-state index contributed by atoms with van der Waals surface area (Å²) in [5.41, 5.74) is 1.13. The number of nitrogens with one attached hydrogen (secondary N) is 1. The van der Waals surface area contributed by atoms with Crippen LogP contribution in [0.5, 0.6) is 0 Å². The van der Waals surface area contributed by atoms with Crippen LogP contribution in [0, 0.1) is 0 Å². The van der Waals surface area contributed by atoms with Gasteiger partial charge in [0.25, 0.3) is 0 Å². The van der Waals surface area contributed by atoms with Crippen molar-refractivity contribution in [2.24, 2.45) is 0 Å². The van der Waals surface area contributed by atoms with E-state index < -0.39 is 0 Å². The van der Waals surface area contributed by atoms with E-state index in [1.54, 1.807) is 0 Å². The van der Waals surface area contributed by atoms with Gasteiger partial charge in [0.1, 0.15) is 11.6 Å². The molecule has 0 aliphatic heterocycles. The van der Waals surface area contributed by atoms with Gasteiger partial charge in [0.15, 0.2) is 0 Å². The molecule has 0 amide bonds. The van der Waals surface area contributed by atoms with Crippen molar-refractivity contribution in [1.82, 2.24) is 14.9 Å². The first-order valence-electron chi connectivity index (χ1n) is 6.10. The smallest absolute Gasteiger partial charge is 0.144 e. The predicted octanol–water partition coefficient (Wildman–Crippen LogP) is 2.27. The molecule has 1 aromatic heterocycles. The molecule has 0 spiro atoms. The molecule has 1 heterocycles. The maximum atomic E-state index is 4.63. The van der Waals surface area contributed by atoms with Crippen molar-refractivity contribution in [2.45, 2.75) is 39.7 Å². The van der Waals surface area contributed by atoms with Gasteiger partial charge in [-0.2, -0.15) is 0 Å². The highest BCUT2D eigenvalue weighted by Gasteiger charge is 2.18. The van der Waals surface area contributed by atoms with Crippen LogP contribution in [0.15, 0.2) is 6.07 Å². The van der Waals surface area contributed by atoms with Crippen LogP contribution >= 0.6 is 0 Å². The number of rotatable bonds is 4. The molecule has 0 unspecified atom stereocenters. The number of nitrogens with zero attached hydrogens (tertiary/aromatic N) is 3. The summed E-state index contributed by atoms with van der Waals surface area (Å²) in [6.45, 7) is 10.2. The third-order valence-corrected chi connectivity index (χ3v) is 2.36. The van der Waals surface area contributed by atoms with Crippen LogP contribution in [0.25, 0.3) is 0 Å². The van der Waals surface area contributed by atoms with Gasteiger partial charge in [0, 0.05) is 18.0 Å². The summed E-state index contributed by atoms with van der Waals surface area (Å²) in [6.07, 6.45) is 0. The first kappa shape index (κ1) is 13.9. The Morgan fingerprint density at radius 3 is 2.35 bits per heavy atom. The molecule has 0 aromatic carbocycles. The Morgan fingerprint density at radius 2 is 1.88 bits per heavy atom. The Hall–Kier alpha value is -1.16. The molecule has 0 saturated heterocycles. The fourth-order valence-corrected chi connectivity index (χ4v) is 1.51. The van der Waals surface area contributed by atoms with Crippen molar-refractivity contribution in [3.05, 3.63) is 17.6 Å². The van der Waals surface area contributed by atoms with E-state index in [1.165, 1.54) is 0 Å². The maximum absolute atomic E-state index is 4.63. The zero-order chi connectivity index (χ0) is 13.1. The Labute approximate surface area is 104 Å². The molecular weight excluding hydrogens is 212 g/mol. The lowest BCUT2D eigenvalue weighted by Gasteiger charge is -2.20. The molecule has 17 heavy (non-hydrogen) atoms. The lowest BCUT2D eigenvalue weighted by molar-refractivity contribution is 0.388. The zero-order valence-electron chi connectivity index (χ0n) is 11.8. The Bertz CT molecular complexity index is 366. The van der Waals surface area contributed by atoms with Gasteiger partial charge in [-0.25, -0.2) is 9.97 Å². The summed E-state index contributed by atoms with van der Waals surface area (Å²) >= 11 is 0. The van der Waals surface area contributed by atoms with Gasteiger partial charge in [0.05, 0.1) is 12.2 Å². The number of anilines is 1. The quantitative estimate of drug-likeness (QED) is 0.870. The van der Waals surface area contributed by atoms with Crippen LogP contribution in [-0.4, -0.2) is 35.5 Å². The SMILES string of the molecule is CCNc1cc(C(C)(C)C)nc(CN(C)C)n1. The molecule has 1 N–H and O–H groups in total. The molecule has 0 radical (unpaired) electrons. The minimum atomic E-state index is 0.0498. The Balaban J connectivity index is 3.09. The second-order valence-electron chi connectivity index (χ2n) is 5.57. The van der Waals surface area contributed by atoms with Crippen LogP contribution in [0.2, 0.25) is 0 Å². The van der Waals surface area contributed by atoms with E-state index in [0.29, 0.717) is 0 Å². The lowest BCUT2D eigenvalue weighted by atomic mass is 9.92. The van der Waals surface area contributed by atoms with E-state index in [1.807, 2.05) is 20.2 Å². The summed E-state index contributed by atoms with van der Waals surface area (Å²) in [5.74, 6) is 1.79. The molecule has 0 atom stereocenters. The third kappa shape index (κ3) is 4.30.